The number of carbonyl (C=O) groups is 4. The molecule has 4 N–H and O–H groups in total. The maximum absolute atomic E-state index is 13.0. The van der Waals surface area contributed by atoms with E-state index in [9.17, 15) is 19.2 Å². The second-order valence-electron chi connectivity index (χ2n) is 10.3. The third-order valence-corrected chi connectivity index (χ3v) is 7.48. The molecule has 3 heterocycles. The second kappa shape index (κ2) is 13.2. The molecule has 5 rings (SSSR count). The molecule has 3 aromatic rings. The molecule has 2 aromatic carbocycles. The van der Waals surface area contributed by atoms with Crippen LogP contribution in [-0.2, 0) is 9.59 Å². The SMILES string of the molecule is COc1cccc2ncc(/C(C=N)=C/NCCCCCCNc3ccc4c(c3)C(=O)N(C3CCC(=O)NC3=O)C4=O)nc12. The number of benzene rings is 2. The molecule has 1 saturated heterocycles. The van der Waals surface area contributed by atoms with Crippen LogP contribution in [0, 0.1) is 5.41 Å². The first-order chi connectivity index (χ1) is 20.9. The minimum Gasteiger partial charge on any atom is -0.494 e. The molecule has 1 unspecified atom stereocenters. The Morgan fingerprint density at radius 1 is 1.07 bits per heavy atom. The normalized spacial score (nSPS) is 16.7. The number of aromatic nitrogens is 2. The molecule has 12 heteroatoms. The number of allylic oxidation sites excluding steroid dienone is 1. The summed E-state index contributed by atoms with van der Waals surface area (Å²) >= 11 is 0. The van der Waals surface area contributed by atoms with Crippen LogP contribution in [0.3, 0.4) is 0 Å². The first-order valence-corrected chi connectivity index (χ1v) is 14.2. The molecule has 0 saturated carbocycles. The predicted octanol–water partition coefficient (Wildman–Crippen LogP) is 3.29. The maximum atomic E-state index is 13.0. The van der Waals surface area contributed by atoms with E-state index in [2.05, 4.69) is 25.9 Å². The molecule has 0 radical (unpaired) electrons. The van der Waals surface area contributed by atoms with E-state index in [1.165, 1.54) is 6.21 Å². The number of carbonyl (C=O) groups excluding carboxylic acids is 4. The van der Waals surface area contributed by atoms with Crippen LogP contribution in [0.1, 0.15) is 64.9 Å². The van der Waals surface area contributed by atoms with Gasteiger partial charge in [-0.15, -0.1) is 0 Å². The number of hydrogen-bond acceptors (Lipinski definition) is 10. The molecule has 0 bridgehead atoms. The van der Waals surface area contributed by atoms with Gasteiger partial charge >= 0.3 is 0 Å². The van der Waals surface area contributed by atoms with Crippen LogP contribution in [-0.4, -0.2) is 71.0 Å². The number of unbranched alkanes of at least 4 members (excludes halogenated alkanes) is 3. The van der Waals surface area contributed by atoms with Gasteiger partial charge < -0.3 is 20.8 Å². The number of ether oxygens (including phenoxy) is 1. The number of nitrogens with zero attached hydrogens (tertiary/aromatic N) is 3. The Hall–Kier alpha value is -5.13. The van der Waals surface area contributed by atoms with Crippen molar-refractivity contribution in [1.29, 1.82) is 5.41 Å². The van der Waals surface area contributed by atoms with Gasteiger partial charge in [-0.25, -0.2) is 4.98 Å². The molecular formula is C31H33N7O5. The number of piperidine rings is 1. The number of amides is 4. The molecule has 222 valence electrons. The van der Waals surface area contributed by atoms with Gasteiger partial charge in [-0.3, -0.25) is 34.4 Å². The number of para-hydroxylation sites is 1. The molecular weight excluding hydrogens is 550 g/mol. The van der Waals surface area contributed by atoms with Gasteiger partial charge in [-0.2, -0.15) is 0 Å². The first kappa shape index (κ1) is 29.4. The lowest BCUT2D eigenvalue weighted by atomic mass is 10.0. The van der Waals surface area contributed by atoms with Crippen molar-refractivity contribution >= 4 is 52.1 Å². The summed E-state index contributed by atoms with van der Waals surface area (Å²) in [4.78, 5) is 59.6. The van der Waals surface area contributed by atoms with Gasteiger partial charge in [0.25, 0.3) is 11.8 Å². The van der Waals surface area contributed by atoms with Crippen LogP contribution in [0.2, 0.25) is 0 Å². The summed E-state index contributed by atoms with van der Waals surface area (Å²) in [6.45, 7) is 1.45. The topological polar surface area (TPSA) is 166 Å². The number of rotatable bonds is 13. The van der Waals surface area contributed by atoms with Crippen LogP contribution in [0.15, 0.2) is 48.8 Å². The Morgan fingerprint density at radius 3 is 2.63 bits per heavy atom. The number of methoxy groups -OCH3 is 1. The third-order valence-electron chi connectivity index (χ3n) is 7.48. The van der Waals surface area contributed by atoms with E-state index in [0.717, 1.165) is 48.3 Å². The Kier molecular flexibility index (Phi) is 9.04. The molecule has 12 nitrogen and oxygen atoms in total. The van der Waals surface area contributed by atoms with E-state index < -0.39 is 29.7 Å². The van der Waals surface area contributed by atoms with Crippen molar-refractivity contribution in [2.24, 2.45) is 0 Å². The van der Waals surface area contributed by atoms with E-state index >= 15 is 0 Å². The van der Waals surface area contributed by atoms with Crippen LogP contribution in [0.5, 0.6) is 5.75 Å². The van der Waals surface area contributed by atoms with E-state index in [1.54, 1.807) is 37.7 Å². The third kappa shape index (κ3) is 6.37. The molecule has 1 fully saturated rings. The molecule has 2 aliphatic heterocycles. The largest absolute Gasteiger partial charge is 0.494 e. The summed E-state index contributed by atoms with van der Waals surface area (Å²) in [6.07, 6.45) is 8.77. The standard InChI is InChI=1S/C31H33N7O5/c1-43-26-8-6-7-23-28(26)36-24(18-35-23)19(16-32)17-33-13-4-2-3-5-14-34-20-9-10-21-22(15-20)31(42)38(30(21)41)25-11-12-27(39)37-29(25)40/h6-10,15-18,25,32-34H,2-5,11-14H2,1H3,(H,37,39,40)/b19-17+,32-16?. The molecule has 0 aliphatic carbocycles. The van der Waals surface area contributed by atoms with Crippen LogP contribution in [0.4, 0.5) is 5.69 Å². The van der Waals surface area contributed by atoms with Gasteiger partial charge in [0.05, 0.1) is 35.6 Å². The van der Waals surface area contributed by atoms with Gasteiger partial charge in [-0.1, -0.05) is 18.9 Å². The molecule has 43 heavy (non-hydrogen) atoms. The summed E-state index contributed by atoms with van der Waals surface area (Å²) in [5, 5.41) is 16.6. The van der Waals surface area contributed by atoms with Crippen LogP contribution < -0.4 is 20.7 Å². The Labute approximate surface area is 248 Å². The molecule has 1 atom stereocenters. The smallest absolute Gasteiger partial charge is 0.262 e. The number of imide groups is 2. The van der Waals surface area contributed by atoms with Crippen molar-refractivity contribution in [3.8, 4) is 5.75 Å². The van der Waals surface area contributed by atoms with Gasteiger partial charge in [-0.05, 0) is 49.6 Å². The fraction of sp³-hybridized carbons (Fsp3) is 0.323. The van der Waals surface area contributed by atoms with Crippen molar-refractivity contribution in [2.45, 2.75) is 44.6 Å². The Morgan fingerprint density at radius 2 is 1.86 bits per heavy atom. The van der Waals surface area contributed by atoms with Gasteiger partial charge in [0.1, 0.15) is 17.3 Å². The van der Waals surface area contributed by atoms with Crippen molar-refractivity contribution in [1.82, 2.24) is 25.5 Å². The van der Waals surface area contributed by atoms with E-state index in [-0.39, 0.29) is 24.0 Å². The molecule has 0 spiro atoms. The van der Waals surface area contributed by atoms with E-state index in [0.29, 0.717) is 29.1 Å². The zero-order valence-electron chi connectivity index (χ0n) is 23.8. The minimum atomic E-state index is -0.973. The molecule has 1 aromatic heterocycles. The lowest BCUT2D eigenvalue weighted by molar-refractivity contribution is -0.136. The van der Waals surface area contributed by atoms with Crippen molar-refractivity contribution < 1.29 is 23.9 Å². The van der Waals surface area contributed by atoms with Crippen LogP contribution >= 0.6 is 0 Å². The van der Waals surface area contributed by atoms with E-state index in [4.69, 9.17) is 10.1 Å². The fourth-order valence-electron chi connectivity index (χ4n) is 5.20. The summed E-state index contributed by atoms with van der Waals surface area (Å²) in [5.74, 6) is -1.41. The highest BCUT2D eigenvalue weighted by Gasteiger charge is 2.44. The zero-order valence-corrected chi connectivity index (χ0v) is 23.8. The lowest BCUT2D eigenvalue weighted by Gasteiger charge is -2.27. The first-order valence-electron chi connectivity index (χ1n) is 14.2. The van der Waals surface area contributed by atoms with E-state index in [1.807, 2.05) is 18.2 Å². The average Bonchev–Trinajstić information content (AvgIpc) is 3.26. The number of anilines is 1. The van der Waals surface area contributed by atoms with Crippen molar-refractivity contribution in [2.75, 3.05) is 25.5 Å². The quantitative estimate of drug-likeness (QED) is 0.134. The van der Waals surface area contributed by atoms with Gasteiger partial charge in [0, 0.05) is 43.2 Å². The number of nitrogens with one attached hydrogen (secondary N) is 4. The lowest BCUT2D eigenvalue weighted by Crippen LogP contribution is -2.54. The molecule has 2 aliphatic rings. The highest BCUT2D eigenvalue weighted by Crippen LogP contribution is 2.29. The van der Waals surface area contributed by atoms with Gasteiger partial charge in [0.15, 0.2) is 0 Å². The fourth-order valence-corrected chi connectivity index (χ4v) is 5.20. The maximum Gasteiger partial charge on any atom is 0.262 e. The monoisotopic (exact) mass is 583 g/mol. The van der Waals surface area contributed by atoms with Gasteiger partial charge in [0.2, 0.25) is 11.8 Å². The number of hydrogen-bond donors (Lipinski definition) is 4. The summed E-state index contributed by atoms with van der Waals surface area (Å²) in [6, 6.07) is 9.59. The predicted molar refractivity (Wildman–Crippen MR) is 161 cm³/mol. The Bertz CT molecular complexity index is 1620. The van der Waals surface area contributed by atoms with Crippen LogP contribution in [0.25, 0.3) is 16.6 Å². The summed E-state index contributed by atoms with van der Waals surface area (Å²) < 4.78 is 5.38. The number of fused-ring (bicyclic) bond motifs is 2. The summed E-state index contributed by atoms with van der Waals surface area (Å²) in [5.41, 5.74) is 3.85. The molecule has 4 amide bonds. The Balaban J connectivity index is 1.04. The summed E-state index contributed by atoms with van der Waals surface area (Å²) in [7, 11) is 1.59. The minimum absolute atomic E-state index is 0.0880. The van der Waals surface area contributed by atoms with Crippen molar-refractivity contribution in [3.63, 3.8) is 0 Å². The highest BCUT2D eigenvalue weighted by molar-refractivity contribution is 6.23. The average molecular weight is 584 g/mol. The second-order valence-corrected chi connectivity index (χ2v) is 10.3. The highest BCUT2D eigenvalue weighted by atomic mass is 16.5. The van der Waals surface area contributed by atoms with Crippen molar-refractivity contribution in [3.05, 3.63) is 65.6 Å². The zero-order chi connectivity index (χ0) is 30.3.